The fourth-order valence-corrected chi connectivity index (χ4v) is 2.60. The molecule has 3 rings (SSSR count). The molecule has 100 valence electrons. The van der Waals surface area contributed by atoms with Crippen molar-refractivity contribution in [2.45, 2.75) is 13.1 Å². The lowest BCUT2D eigenvalue weighted by Crippen LogP contribution is -2.35. The predicted octanol–water partition coefficient (Wildman–Crippen LogP) is 2.37. The van der Waals surface area contributed by atoms with Crippen molar-refractivity contribution in [3.63, 3.8) is 0 Å². The van der Waals surface area contributed by atoms with Crippen LogP contribution in [-0.4, -0.2) is 22.9 Å². The van der Waals surface area contributed by atoms with Crippen LogP contribution in [0.4, 0.5) is 5.82 Å². The van der Waals surface area contributed by atoms with Gasteiger partial charge in [-0.2, -0.15) is 5.10 Å². The Bertz CT molecular complexity index is 552. The van der Waals surface area contributed by atoms with E-state index in [1.807, 2.05) is 35.1 Å². The van der Waals surface area contributed by atoms with Crippen molar-refractivity contribution in [1.29, 1.82) is 0 Å². The van der Waals surface area contributed by atoms with Crippen LogP contribution in [-0.2, 0) is 13.1 Å². The van der Waals surface area contributed by atoms with E-state index in [1.54, 1.807) is 0 Å². The zero-order valence-electron chi connectivity index (χ0n) is 10.6. The number of hydrogen-bond donors (Lipinski definition) is 2. The highest BCUT2D eigenvalue weighted by Crippen LogP contribution is 2.16. The molecule has 4 nitrogen and oxygen atoms in total. The minimum absolute atomic E-state index is 0.562. The summed E-state index contributed by atoms with van der Waals surface area (Å²) in [6.45, 7) is 3.79. The summed E-state index contributed by atoms with van der Waals surface area (Å²) < 4.78 is 2.02. The maximum atomic E-state index is 5.97. The summed E-state index contributed by atoms with van der Waals surface area (Å²) in [6.07, 6.45) is 1.84. The Morgan fingerprint density at radius 3 is 3.26 bits per heavy atom. The summed E-state index contributed by atoms with van der Waals surface area (Å²) in [4.78, 5) is 0. The molecule has 0 amide bonds. The second-order valence-electron chi connectivity index (χ2n) is 4.91. The van der Waals surface area contributed by atoms with E-state index in [-0.39, 0.29) is 0 Å². The van der Waals surface area contributed by atoms with Crippen LogP contribution in [0, 0.1) is 5.92 Å². The van der Waals surface area contributed by atoms with Crippen LogP contribution in [0.5, 0.6) is 0 Å². The van der Waals surface area contributed by atoms with Gasteiger partial charge in [-0.1, -0.05) is 23.7 Å². The Morgan fingerprint density at radius 1 is 1.42 bits per heavy atom. The minimum atomic E-state index is 0.562. The molecule has 19 heavy (non-hydrogen) atoms. The first-order valence-corrected chi connectivity index (χ1v) is 6.90. The molecule has 5 heteroatoms. The van der Waals surface area contributed by atoms with Gasteiger partial charge in [-0.3, -0.25) is 0 Å². The number of hydrogen-bond acceptors (Lipinski definition) is 3. The fourth-order valence-electron chi connectivity index (χ4n) is 2.39. The van der Waals surface area contributed by atoms with Crippen LogP contribution in [0.15, 0.2) is 36.5 Å². The molecule has 0 saturated carbocycles. The fraction of sp³-hybridized carbons (Fsp3) is 0.357. The number of benzene rings is 1. The van der Waals surface area contributed by atoms with Gasteiger partial charge in [0.05, 0.1) is 6.20 Å². The molecule has 0 spiro atoms. The van der Waals surface area contributed by atoms with E-state index in [9.17, 15) is 0 Å². The lowest BCUT2D eigenvalue weighted by atomic mass is 10.1. The summed E-state index contributed by atoms with van der Waals surface area (Å²) in [7, 11) is 0. The summed E-state index contributed by atoms with van der Waals surface area (Å²) in [6, 6.07) is 9.98. The Hall–Kier alpha value is -1.52. The Balaban J connectivity index is 1.49. The van der Waals surface area contributed by atoms with E-state index in [2.05, 4.69) is 21.8 Å². The van der Waals surface area contributed by atoms with Gasteiger partial charge >= 0.3 is 0 Å². The smallest absolute Gasteiger partial charge is 0.124 e. The topological polar surface area (TPSA) is 41.9 Å². The van der Waals surface area contributed by atoms with Crippen LogP contribution in [0.2, 0.25) is 5.02 Å². The van der Waals surface area contributed by atoms with E-state index in [0.29, 0.717) is 5.92 Å². The maximum absolute atomic E-state index is 5.97. The number of anilines is 1. The number of aromatic nitrogens is 2. The average molecular weight is 277 g/mol. The molecular weight excluding hydrogens is 260 g/mol. The van der Waals surface area contributed by atoms with Gasteiger partial charge in [0.1, 0.15) is 5.82 Å². The van der Waals surface area contributed by atoms with Gasteiger partial charge in [-0.15, -0.1) is 0 Å². The van der Waals surface area contributed by atoms with Crippen molar-refractivity contribution in [2.75, 3.05) is 18.4 Å². The van der Waals surface area contributed by atoms with Crippen LogP contribution >= 0.6 is 11.6 Å². The van der Waals surface area contributed by atoms with Crippen molar-refractivity contribution >= 4 is 17.4 Å². The summed E-state index contributed by atoms with van der Waals surface area (Å²) in [5.41, 5.74) is 1.22. The molecule has 0 bridgehead atoms. The number of fused-ring (bicyclic) bond motifs is 1. The molecule has 2 aromatic rings. The third kappa shape index (κ3) is 3.08. The maximum Gasteiger partial charge on any atom is 0.124 e. The van der Waals surface area contributed by atoms with E-state index in [4.69, 9.17) is 11.6 Å². The predicted molar refractivity (Wildman–Crippen MR) is 77.4 cm³/mol. The zero-order valence-corrected chi connectivity index (χ0v) is 11.4. The Labute approximate surface area is 117 Å². The molecule has 1 aromatic carbocycles. The van der Waals surface area contributed by atoms with Crippen LogP contribution in [0.1, 0.15) is 5.56 Å². The average Bonchev–Trinajstić information content (AvgIpc) is 2.86. The van der Waals surface area contributed by atoms with Gasteiger partial charge in [-0.25, -0.2) is 4.68 Å². The molecular formula is C14H17ClN4. The lowest BCUT2D eigenvalue weighted by molar-refractivity contribution is 0.391. The first-order valence-electron chi connectivity index (χ1n) is 6.52. The molecule has 0 aliphatic carbocycles. The molecule has 0 saturated heterocycles. The SMILES string of the molecule is Clc1cccc(CNCC2CNc3ccnn3C2)c1. The Kier molecular flexibility index (Phi) is 3.71. The van der Waals surface area contributed by atoms with Crippen molar-refractivity contribution in [3.05, 3.63) is 47.1 Å². The van der Waals surface area contributed by atoms with Crippen molar-refractivity contribution in [3.8, 4) is 0 Å². The van der Waals surface area contributed by atoms with Crippen LogP contribution in [0.25, 0.3) is 0 Å². The van der Waals surface area contributed by atoms with Gasteiger partial charge in [0.15, 0.2) is 0 Å². The van der Waals surface area contributed by atoms with Crippen molar-refractivity contribution in [1.82, 2.24) is 15.1 Å². The van der Waals surface area contributed by atoms with Gasteiger partial charge in [0, 0.05) is 43.2 Å². The highest BCUT2D eigenvalue weighted by molar-refractivity contribution is 6.30. The third-order valence-electron chi connectivity index (χ3n) is 3.37. The lowest BCUT2D eigenvalue weighted by Gasteiger charge is -2.25. The second kappa shape index (κ2) is 5.63. The van der Waals surface area contributed by atoms with E-state index >= 15 is 0 Å². The minimum Gasteiger partial charge on any atom is -0.370 e. The summed E-state index contributed by atoms with van der Waals surface area (Å²) >= 11 is 5.97. The molecule has 1 aliphatic rings. The van der Waals surface area contributed by atoms with Crippen LogP contribution in [0.3, 0.4) is 0 Å². The second-order valence-corrected chi connectivity index (χ2v) is 5.34. The molecule has 0 radical (unpaired) electrons. The first kappa shape index (κ1) is 12.5. The molecule has 2 heterocycles. The van der Waals surface area contributed by atoms with E-state index in [0.717, 1.165) is 37.0 Å². The van der Waals surface area contributed by atoms with Gasteiger partial charge < -0.3 is 10.6 Å². The molecule has 1 unspecified atom stereocenters. The third-order valence-corrected chi connectivity index (χ3v) is 3.61. The van der Waals surface area contributed by atoms with Gasteiger partial charge in [0.2, 0.25) is 0 Å². The number of halogens is 1. The number of nitrogens with one attached hydrogen (secondary N) is 2. The normalized spacial score (nSPS) is 17.8. The number of nitrogens with zero attached hydrogens (tertiary/aromatic N) is 2. The summed E-state index contributed by atoms with van der Waals surface area (Å²) in [5, 5.41) is 12.0. The molecule has 0 fully saturated rings. The highest BCUT2D eigenvalue weighted by atomic mass is 35.5. The monoisotopic (exact) mass is 276 g/mol. The van der Waals surface area contributed by atoms with Crippen molar-refractivity contribution in [2.24, 2.45) is 5.92 Å². The van der Waals surface area contributed by atoms with E-state index in [1.165, 1.54) is 5.56 Å². The molecule has 2 N–H and O–H groups in total. The standard InChI is InChI=1S/C14H17ClN4/c15-13-3-1-2-11(6-13)7-16-8-12-9-17-14-4-5-18-19(14)10-12/h1-6,12,16-17H,7-10H2. The number of rotatable bonds is 4. The quantitative estimate of drug-likeness (QED) is 0.901. The highest BCUT2D eigenvalue weighted by Gasteiger charge is 2.17. The van der Waals surface area contributed by atoms with E-state index < -0.39 is 0 Å². The Morgan fingerprint density at radius 2 is 2.37 bits per heavy atom. The molecule has 1 aliphatic heterocycles. The molecule has 1 atom stereocenters. The van der Waals surface area contributed by atoms with Crippen molar-refractivity contribution < 1.29 is 0 Å². The van der Waals surface area contributed by atoms with Crippen LogP contribution < -0.4 is 10.6 Å². The first-order chi connectivity index (χ1) is 9.31. The van der Waals surface area contributed by atoms with Gasteiger partial charge in [0.25, 0.3) is 0 Å². The zero-order chi connectivity index (χ0) is 13.1. The van der Waals surface area contributed by atoms with Gasteiger partial charge in [-0.05, 0) is 17.7 Å². The molecule has 1 aromatic heterocycles. The summed E-state index contributed by atoms with van der Waals surface area (Å²) in [5.74, 6) is 1.68. The largest absolute Gasteiger partial charge is 0.370 e.